The van der Waals surface area contributed by atoms with Gasteiger partial charge in [0.15, 0.2) is 11.4 Å². The predicted octanol–water partition coefficient (Wildman–Crippen LogP) is 3.15. The summed E-state index contributed by atoms with van der Waals surface area (Å²) in [5.41, 5.74) is -2.15. The Labute approximate surface area is 160 Å². The van der Waals surface area contributed by atoms with Crippen LogP contribution in [0.4, 0.5) is 0 Å². The van der Waals surface area contributed by atoms with Crippen molar-refractivity contribution in [1.29, 1.82) is 0 Å². The lowest BCUT2D eigenvalue weighted by Crippen LogP contribution is -2.64. The van der Waals surface area contributed by atoms with E-state index in [1.807, 2.05) is 6.92 Å². The summed E-state index contributed by atoms with van der Waals surface area (Å²) in [6.45, 7) is 5.81. The molecule has 3 fully saturated rings. The zero-order valence-corrected chi connectivity index (χ0v) is 16.5. The van der Waals surface area contributed by atoms with Crippen LogP contribution in [0.15, 0.2) is 11.6 Å². The molecular formula is C22H30O5. The zero-order valence-electron chi connectivity index (χ0n) is 16.5. The number of aliphatic carboxylic acids is 1. The summed E-state index contributed by atoms with van der Waals surface area (Å²) in [7, 11) is 0. The van der Waals surface area contributed by atoms with Crippen LogP contribution >= 0.6 is 0 Å². The van der Waals surface area contributed by atoms with E-state index >= 15 is 0 Å². The van der Waals surface area contributed by atoms with Crippen molar-refractivity contribution in [2.24, 2.45) is 34.5 Å². The van der Waals surface area contributed by atoms with Gasteiger partial charge in [-0.1, -0.05) is 19.4 Å². The second-order valence-corrected chi connectivity index (χ2v) is 9.88. The molecule has 0 spiro atoms. The average molecular weight is 374 g/mol. The second kappa shape index (κ2) is 5.76. The highest BCUT2D eigenvalue weighted by Gasteiger charge is 2.67. The zero-order chi connectivity index (χ0) is 19.8. The van der Waals surface area contributed by atoms with Gasteiger partial charge in [0.1, 0.15) is 5.78 Å². The lowest BCUT2D eigenvalue weighted by Gasteiger charge is -2.61. The summed E-state index contributed by atoms with van der Waals surface area (Å²) in [5.74, 6) is -0.482. The largest absolute Gasteiger partial charge is 0.479 e. The summed E-state index contributed by atoms with van der Waals surface area (Å²) in [6.07, 6.45) is 6.45. The predicted molar refractivity (Wildman–Crippen MR) is 98.8 cm³/mol. The maximum absolute atomic E-state index is 12.2. The lowest BCUT2D eigenvalue weighted by molar-refractivity contribution is -0.192. The molecule has 0 bridgehead atoms. The summed E-state index contributed by atoms with van der Waals surface area (Å²) in [5, 5.41) is 21.1. The minimum absolute atomic E-state index is 0.0175. The number of rotatable bonds is 2. The van der Waals surface area contributed by atoms with Crippen LogP contribution in [0, 0.1) is 34.5 Å². The van der Waals surface area contributed by atoms with Crippen molar-refractivity contribution in [1.82, 2.24) is 0 Å². The summed E-state index contributed by atoms with van der Waals surface area (Å²) < 4.78 is 0. The summed E-state index contributed by atoms with van der Waals surface area (Å²) in [6, 6.07) is 0. The fourth-order valence-electron chi connectivity index (χ4n) is 7.67. The molecule has 3 saturated carbocycles. The van der Waals surface area contributed by atoms with E-state index in [4.69, 9.17) is 0 Å². The Hall–Kier alpha value is -1.49. The van der Waals surface area contributed by atoms with Gasteiger partial charge < -0.3 is 10.2 Å². The van der Waals surface area contributed by atoms with Crippen LogP contribution in [0.5, 0.6) is 0 Å². The van der Waals surface area contributed by atoms with Crippen LogP contribution in [0.25, 0.3) is 0 Å². The number of ketones is 2. The van der Waals surface area contributed by atoms with Crippen molar-refractivity contribution in [2.45, 2.75) is 71.3 Å². The average Bonchev–Trinajstić information content (AvgIpc) is 2.93. The molecule has 5 nitrogen and oxygen atoms in total. The first-order chi connectivity index (χ1) is 12.6. The van der Waals surface area contributed by atoms with E-state index in [0.717, 1.165) is 37.7 Å². The Balaban J connectivity index is 1.77. The van der Waals surface area contributed by atoms with Gasteiger partial charge in [0, 0.05) is 11.3 Å². The van der Waals surface area contributed by atoms with Crippen LogP contribution in [-0.4, -0.2) is 33.3 Å². The van der Waals surface area contributed by atoms with E-state index in [1.54, 1.807) is 13.0 Å². The van der Waals surface area contributed by atoms with Gasteiger partial charge >= 0.3 is 5.97 Å². The Bertz CT molecular complexity index is 754. The van der Waals surface area contributed by atoms with Gasteiger partial charge in [-0.3, -0.25) is 9.59 Å². The number of Topliss-reactive ketones (excluding diaryl/α,β-unsaturated/α-hetero) is 1. The molecule has 7 atom stereocenters. The fraction of sp³-hybridized carbons (Fsp3) is 0.773. The van der Waals surface area contributed by atoms with Crippen LogP contribution in [-0.2, 0) is 14.4 Å². The third-order valence-corrected chi connectivity index (χ3v) is 9.06. The van der Waals surface area contributed by atoms with Crippen LogP contribution in [0.1, 0.15) is 65.7 Å². The van der Waals surface area contributed by atoms with E-state index in [1.165, 1.54) is 0 Å². The van der Waals surface area contributed by atoms with Gasteiger partial charge in [-0.05, 0) is 74.7 Å². The molecule has 0 amide bonds. The van der Waals surface area contributed by atoms with E-state index in [9.17, 15) is 24.6 Å². The highest BCUT2D eigenvalue weighted by atomic mass is 16.4. The molecular weight excluding hydrogens is 344 g/mol. The van der Waals surface area contributed by atoms with Gasteiger partial charge in [0.25, 0.3) is 0 Å². The molecule has 0 heterocycles. The number of carboxylic acids is 1. The molecule has 4 aliphatic carbocycles. The number of fused-ring (bicyclic) bond motifs is 5. The van der Waals surface area contributed by atoms with Crippen LogP contribution < -0.4 is 0 Å². The molecule has 148 valence electrons. The van der Waals surface area contributed by atoms with Crippen molar-refractivity contribution in [3.8, 4) is 0 Å². The lowest BCUT2D eigenvalue weighted by atomic mass is 9.43. The third kappa shape index (κ3) is 2.24. The third-order valence-electron chi connectivity index (χ3n) is 9.06. The van der Waals surface area contributed by atoms with Crippen molar-refractivity contribution in [3.63, 3.8) is 0 Å². The Kier molecular flexibility index (Phi) is 4.02. The van der Waals surface area contributed by atoms with E-state index in [-0.39, 0.29) is 35.2 Å². The number of carbonyl (C=O) groups excluding carboxylic acids is 2. The maximum atomic E-state index is 12.2. The molecule has 1 unspecified atom stereocenters. The second-order valence-electron chi connectivity index (χ2n) is 9.88. The SMILES string of the molecule is CC(=O)[C@H]1CC[C@H]2[C@@H]3CCC4=CC(=O)CC(O)(C(=O)O)[C@]4(C)[C@H]3CC[C@]12C. The Morgan fingerprint density at radius 1 is 1.11 bits per heavy atom. The summed E-state index contributed by atoms with van der Waals surface area (Å²) in [4.78, 5) is 36.5. The van der Waals surface area contributed by atoms with E-state index in [0.29, 0.717) is 18.3 Å². The van der Waals surface area contributed by atoms with Gasteiger partial charge in [0.05, 0.1) is 6.42 Å². The first-order valence-electron chi connectivity index (χ1n) is 10.3. The van der Waals surface area contributed by atoms with Gasteiger partial charge in [-0.15, -0.1) is 0 Å². The molecule has 4 rings (SSSR count). The molecule has 4 aliphatic rings. The highest BCUT2D eigenvalue weighted by Crippen LogP contribution is 2.68. The summed E-state index contributed by atoms with van der Waals surface area (Å²) >= 11 is 0. The molecule has 27 heavy (non-hydrogen) atoms. The molecule has 2 N–H and O–H groups in total. The highest BCUT2D eigenvalue weighted by molar-refractivity contribution is 5.98. The van der Waals surface area contributed by atoms with Crippen molar-refractivity contribution < 1.29 is 24.6 Å². The minimum atomic E-state index is -2.04. The Morgan fingerprint density at radius 2 is 1.81 bits per heavy atom. The van der Waals surface area contributed by atoms with Crippen molar-refractivity contribution in [3.05, 3.63) is 11.6 Å². The molecule has 0 saturated heterocycles. The molecule has 0 radical (unpaired) electrons. The van der Waals surface area contributed by atoms with Crippen LogP contribution in [0.3, 0.4) is 0 Å². The standard InChI is InChI=1S/C22H30O5/c1-12(23)16-6-7-17-15-5-4-13-10-14(24)11-22(27,19(25)26)21(13,3)18(15)8-9-20(16,17)2/h10,15-18,27H,4-9,11H2,1-3H3,(H,25,26)/t15-,16+,17-,18-,20+,21-,22?/m0/s1. The molecule has 0 aromatic heterocycles. The number of hydrogen-bond donors (Lipinski definition) is 2. The first-order valence-corrected chi connectivity index (χ1v) is 10.3. The maximum Gasteiger partial charge on any atom is 0.337 e. The molecule has 0 aliphatic heterocycles. The van der Waals surface area contributed by atoms with Crippen molar-refractivity contribution >= 4 is 17.5 Å². The number of hydrogen-bond acceptors (Lipinski definition) is 4. The van der Waals surface area contributed by atoms with E-state index in [2.05, 4.69) is 6.92 Å². The first kappa shape index (κ1) is 18.9. The van der Waals surface area contributed by atoms with Gasteiger partial charge in [-0.25, -0.2) is 4.79 Å². The number of aliphatic hydroxyl groups is 1. The fourth-order valence-corrected chi connectivity index (χ4v) is 7.67. The Morgan fingerprint density at radius 3 is 2.44 bits per heavy atom. The van der Waals surface area contributed by atoms with Crippen LogP contribution in [0.2, 0.25) is 0 Å². The molecule has 0 aromatic carbocycles. The van der Waals surface area contributed by atoms with Gasteiger partial charge in [0.2, 0.25) is 0 Å². The minimum Gasteiger partial charge on any atom is -0.479 e. The molecule has 0 aromatic rings. The normalized spacial score (nSPS) is 48.9. The number of carboxylic acid groups (broad SMARTS) is 1. The van der Waals surface area contributed by atoms with Gasteiger partial charge in [-0.2, -0.15) is 0 Å². The topological polar surface area (TPSA) is 91.7 Å². The smallest absolute Gasteiger partial charge is 0.337 e. The quantitative estimate of drug-likeness (QED) is 0.775. The van der Waals surface area contributed by atoms with Crippen molar-refractivity contribution in [2.75, 3.05) is 0 Å². The monoisotopic (exact) mass is 374 g/mol. The van der Waals surface area contributed by atoms with E-state index < -0.39 is 17.0 Å². The number of carbonyl (C=O) groups is 3. The molecule has 5 heteroatoms.